The molecule has 8 nitrogen and oxygen atoms in total. The molecule has 0 amide bonds. The normalized spacial score (nSPS) is 25.4. The Hall–Kier alpha value is -2.63. The molecule has 6 rings (SSSR count). The molecule has 3 aromatic rings. The van der Waals surface area contributed by atoms with Crippen LogP contribution in [-0.4, -0.2) is 45.9 Å². The Kier molecular flexibility index (Phi) is 6.27. The van der Waals surface area contributed by atoms with Gasteiger partial charge in [-0.05, 0) is 67.1 Å². The molecule has 3 saturated heterocycles. The average Bonchev–Trinajstić information content (AvgIpc) is 2.87. The number of nitrogens with zero attached hydrogens (tertiary/aromatic N) is 2. The third-order valence-corrected chi connectivity index (χ3v) is 9.35. The lowest BCUT2D eigenvalue weighted by molar-refractivity contribution is -0.0338. The molecule has 0 aliphatic carbocycles. The Morgan fingerprint density at radius 1 is 1.09 bits per heavy atom. The summed E-state index contributed by atoms with van der Waals surface area (Å²) in [7, 11) is -8.41. The molecule has 10 heteroatoms. The van der Waals surface area contributed by atoms with Crippen LogP contribution in [-0.2, 0) is 24.3 Å². The first-order chi connectivity index (χ1) is 16.7. The number of aromatic nitrogens is 1. The third-order valence-electron chi connectivity index (χ3n) is 7.15. The molecule has 2 N–H and O–H groups in total. The van der Waals surface area contributed by atoms with Gasteiger partial charge in [-0.3, -0.25) is 14.1 Å². The summed E-state index contributed by atoms with van der Waals surface area (Å²) in [5.74, 6) is 0.757. The molecule has 5 atom stereocenters. The van der Waals surface area contributed by atoms with Gasteiger partial charge in [-0.25, -0.2) is 13.6 Å². The number of nitrogens with two attached hydrogens (primary N) is 1. The summed E-state index contributed by atoms with van der Waals surface area (Å²) in [6.07, 6.45) is 4.63. The van der Waals surface area contributed by atoms with Gasteiger partial charge < -0.3 is 0 Å². The zero-order valence-electron chi connectivity index (χ0n) is 19.0. The highest BCUT2D eigenvalue weighted by molar-refractivity contribution is 7.89. The fourth-order valence-electron chi connectivity index (χ4n) is 5.38. The van der Waals surface area contributed by atoms with Crippen molar-refractivity contribution in [1.82, 2.24) is 9.88 Å². The van der Waals surface area contributed by atoms with Gasteiger partial charge in [-0.15, -0.1) is 6.58 Å². The number of hydrogen-bond acceptors (Lipinski definition) is 7. The Morgan fingerprint density at radius 3 is 2.57 bits per heavy atom. The van der Waals surface area contributed by atoms with Gasteiger partial charge in [0.25, 0.3) is 10.1 Å². The number of pyridine rings is 1. The number of para-hydroxylation sites is 1. The molecule has 3 fully saturated rings. The predicted molar refractivity (Wildman–Crippen MR) is 132 cm³/mol. The van der Waals surface area contributed by atoms with E-state index in [4.69, 9.17) is 9.32 Å². The molecule has 184 valence electrons. The minimum Gasteiger partial charge on any atom is -0.297 e. The van der Waals surface area contributed by atoms with Gasteiger partial charge in [0.15, 0.2) is 0 Å². The molecule has 0 saturated carbocycles. The van der Waals surface area contributed by atoms with Crippen LogP contribution in [0.15, 0.2) is 83.2 Å². The van der Waals surface area contributed by atoms with Crippen LogP contribution >= 0.6 is 0 Å². The van der Waals surface area contributed by atoms with Gasteiger partial charge in [0.1, 0.15) is 6.10 Å². The summed E-state index contributed by atoms with van der Waals surface area (Å²) in [5.41, 5.74) is 1.47. The summed E-state index contributed by atoms with van der Waals surface area (Å²) in [5, 5.41) is 6.04. The number of sulfonamides is 1. The molecule has 1 unspecified atom stereocenters. The van der Waals surface area contributed by atoms with Gasteiger partial charge in [0.05, 0.1) is 15.3 Å². The standard InChI is InChI=1S/C25H27N3O5S2/c1-2-17-16-28-13-11-18(17)14-24(28)25(22-10-12-27-23-9-4-3-8-21(22)23)33-35(31,32)20-7-5-6-19(15-20)34(26,29)30/h2-10,12,15,17-18,24-25H,1,11,13-14,16H2,(H2,26,29,30)/t17-,18-,24+,25+/m0/s1. The van der Waals surface area contributed by atoms with E-state index in [-0.39, 0.29) is 15.8 Å². The number of fused-ring (bicyclic) bond motifs is 4. The molecule has 2 aromatic carbocycles. The second-order valence-corrected chi connectivity index (χ2v) is 12.3. The lowest BCUT2D eigenvalue weighted by Gasteiger charge is -2.51. The maximum Gasteiger partial charge on any atom is 0.297 e. The van der Waals surface area contributed by atoms with Crippen LogP contribution in [0.25, 0.3) is 10.9 Å². The predicted octanol–water partition coefficient (Wildman–Crippen LogP) is 3.23. The van der Waals surface area contributed by atoms with E-state index in [9.17, 15) is 16.8 Å². The van der Waals surface area contributed by atoms with Crippen molar-refractivity contribution in [1.29, 1.82) is 0 Å². The van der Waals surface area contributed by atoms with Crippen molar-refractivity contribution >= 4 is 31.0 Å². The van der Waals surface area contributed by atoms with E-state index < -0.39 is 26.2 Å². The number of benzene rings is 2. The van der Waals surface area contributed by atoms with Crippen LogP contribution in [0, 0.1) is 11.8 Å². The quantitative estimate of drug-likeness (QED) is 0.380. The lowest BCUT2D eigenvalue weighted by atomic mass is 9.73. The van der Waals surface area contributed by atoms with Gasteiger partial charge in [0.2, 0.25) is 10.0 Å². The molecule has 1 aromatic heterocycles. The van der Waals surface area contributed by atoms with Crippen LogP contribution in [0.4, 0.5) is 0 Å². The van der Waals surface area contributed by atoms with E-state index in [2.05, 4.69) is 16.5 Å². The second kappa shape index (κ2) is 9.11. The van der Waals surface area contributed by atoms with Gasteiger partial charge in [-0.1, -0.05) is 30.3 Å². The Balaban J connectivity index is 1.59. The number of hydrogen-bond donors (Lipinski definition) is 1. The SMILES string of the molecule is C=C[C@H]1CN2CC[C@H]1C[C@@H]2[C@H](OS(=O)(=O)c1cccc(S(N)(=O)=O)c1)c1ccnc2ccccc12. The fourth-order valence-corrected chi connectivity index (χ4v) is 7.15. The first-order valence-electron chi connectivity index (χ1n) is 11.4. The first kappa shape index (κ1) is 24.1. The van der Waals surface area contributed by atoms with E-state index in [1.165, 1.54) is 18.2 Å². The van der Waals surface area contributed by atoms with Gasteiger partial charge >= 0.3 is 0 Å². The van der Waals surface area contributed by atoms with Gasteiger partial charge in [-0.2, -0.15) is 8.42 Å². The molecule has 3 aliphatic heterocycles. The summed E-state index contributed by atoms with van der Waals surface area (Å²) >= 11 is 0. The fraction of sp³-hybridized carbons (Fsp3) is 0.320. The zero-order valence-corrected chi connectivity index (χ0v) is 20.7. The summed E-state index contributed by atoms with van der Waals surface area (Å²) in [6, 6.07) is 14.1. The van der Waals surface area contributed by atoms with E-state index in [0.717, 1.165) is 48.5 Å². The Labute approximate surface area is 205 Å². The molecule has 35 heavy (non-hydrogen) atoms. The average molecular weight is 514 g/mol. The third kappa shape index (κ3) is 4.64. The van der Waals surface area contributed by atoms with Crippen LogP contribution in [0.5, 0.6) is 0 Å². The van der Waals surface area contributed by atoms with E-state index >= 15 is 0 Å². The zero-order chi connectivity index (χ0) is 24.8. The largest absolute Gasteiger partial charge is 0.297 e. The second-order valence-electron chi connectivity index (χ2n) is 9.15. The van der Waals surface area contributed by atoms with Crippen LogP contribution in [0.3, 0.4) is 0 Å². The summed E-state index contributed by atoms with van der Waals surface area (Å²) < 4.78 is 56.6. The molecule has 0 radical (unpaired) electrons. The Morgan fingerprint density at radius 2 is 1.86 bits per heavy atom. The number of rotatable bonds is 7. The molecule has 0 spiro atoms. The van der Waals surface area contributed by atoms with Crippen LogP contribution < -0.4 is 5.14 Å². The van der Waals surface area contributed by atoms with Crippen molar-refractivity contribution in [3.05, 3.63) is 79.0 Å². The maximum atomic E-state index is 13.5. The molecule has 3 aliphatic rings. The summed E-state index contributed by atoms with van der Waals surface area (Å²) in [4.78, 5) is 6.16. The molecular formula is C25H27N3O5S2. The van der Waals surface area contributed by atoms with Crippen molar-refractivity contribution in [3.8, 4) is 0 Å². The molecule has 2 bridgehead atoms. The number of piperidine rings is 3. The van der Waals surface area contributed by atoms with Crippen molar-refractivity contribution in [2.45, 2.75) is 34.8 Å². The van der Waals surface area contributed by atoms with Crippen molar-refractivity contribution in [2.24, 2.45) is 17.0 Å². The van der Waals surface area contributed by atoms with Crippen LogP contribution in [0.1, 0.15) is 24.5 Å². The van der Waals surface area contributed by atoms with Crippen LogP contribution in [0.2, 0.25) is 0 Å². The Bertz CT molecular complexity index is 1480. The monoisotopic (exact) mass is 513 g/mol. The highest BCUT2D eigenvalue weighted by Gasteiger charge is 2.44. The molecular weight excluding hydrogens is 486 g/mol. The van der Waals surface area contributed by atoms with Gasteiger partial charge in [0, 0.05) is 24.2 Å². The lowest BCUT2D eigenvalue weighted by Crippen LogP contribution is -2.55. The topological polar surface area (TPSA) is 120 Å². The number of primary sulfonamides is 1. The minimum atomic E-state index is -4.33. The maximum absolute atomic E-state index is 13.5. The molecule has 4 heterocycles. The highest BCUT2D eigenvalue weighted by atomic mass is 32.2. The first-order valence-corrected chi connectivity index (χ1v) is 14.4. The highest BCUT2D eigenvalue weighted by Crippen LogP contribution is 2.44. The van der Waals surface area contributed by atoms with E-state index in [1.807, 2.05) is 30.3 Å². The summed E-state index contributed by atoms with van der Waals surface area (Å²) in [6.45, 7) is 5.62. The smallest absolute Gasteiger partial charge is 0.297 e. The van der Waals surface area contributed by atoms with E-state index in [0.29, 0.717) is 11.8 Å². The van der Waals surface area contributed by atoms with Crippen molar-refractivity contribution < 1.29 is 21.0 Å². The van der Waals surface area contributed by atoms with E-state index in [1.54, 1.807) is 12.3 Å². The van der Waals surface area contributed by atoms with Crippen molar-refractivity contribution in [2.75, 3.05) is 13.1 Å². The van der Waals surface area contributed by atoms with Crippen molar-refractivity contribution in [3.63, 3.8) is 0 Å². The minimum absolute atomic E-state index is 0.174.